The summed E-state index contributed by atoms with van der Waals surface area (Å²) in [6.45, 7) is 0. The van der Waals surface area contributed by atoms with Crippen molar-refractivity contribution in [3.8, 4) is 0 Å². The minimum absolute atomic E-state index is 0.159. The van der Waals surface area contributed by atoms with Crippen molar-refractivity contribution < 1.29 is 9.59 Å². The summed E-state index contributed by atoms with van der Waals surface area (Å²) in [4.78, 5) is 30.9. The molecular formula is C14H6Br6N4O2. The summed E-state index contributed by atoms with van der Waals surface area (Å²) < 4.78 is -0.00449. The third-order valence-corrected chi connectivity index (χ3v) is 7.44. The van der Waals surface area contributed by atoms with E-state index in [0.717, 1.165) is 20.1 Å². The number of hydrogen-bond acceptors (Lipinski definition) is 4. The number of rotatable bonds is 0. The number of aromatic nitrogens is 2. The van der Waals surface area contributed by atoms with Crippen molar-refractivity contribution in [1.29, 1.82) is 0 Å². The van der Waals surface area contributed by atoms with Crippen LogP contribution in [0.25, 0.3) is 0 Å². The Kier molecular flexibility index (Phi) is 6.02. The lowest BCUT2D eigenvalue weighted by molar-refractivity contribution is -0.116. The Hall–Kier alpha value is 0.120. The van der Waals surface area contributed by atoms with Gasteiger partial charge in [-0.25, -0.2) is 9.97 Å². The summed E-state index contributed by atoms with van der Waals surface area (Å²) >= 11 is 19.7. The molecule has 136 valence electrons. The molecule has 0 atom stereocenters. The van der Waals surface area contributed by atoms with Crippen molar-refractivity contribution in [3.63, 3.8) is 0 Å². The maximum atomic E-state index is 11.4. The van der Waals surface area contributed by atoms with Crippen molar-refractivity contribution in [3.05, 3.63) is 44.6 Å². The van der Waals surface area contributed by atoms with E-state index in [1.165, 1.54) is 0 Å². The first kappa shape index (κ1) is 20.8. The van der Waals surface area contributed by atoms with E-state index >= 15 is 0 Å². The van der Waals surface area contributed by atoms with E-state index in [2.05, 4.69) is 116 Å². The summed E-state index contributed by atoms with van der Waals surface area (Å²) in [5, 5.41) is 5.30. The number of nitrogens with one attached hydrogen (secondary N) is 2. The highest BCUT2D eigenvalue weighted by Crippen LogP contribution is 2.48. The van der Waals surface area contributed by atoms with Gasteiger partial charge in [-0.3, -0.25) is 9.59 Å². The molecule has 0 radical (unpaired) electrons. The Morgan fingerprint density at radius 2 is 1.08 bits per heavy atom. The van der Waals surface area contributed by atoms with E-state index < -0.39 is 6.47 Å². The van der Waals surface area contributed by atoms with Crippen LogP contribution >= 0.6 is 95.6 Å². The average molecular weight is 742 g/mol. The highest BCUT2D eigenvalue weighted by Gasteiger charge is 2.44. The van der Waals surface area contributed by atoms with E-state index in [4.69, 9.17) is 0 Å². The van der Waals surface area contributed by atoms with Crippen LogP contribution in [-0.2, 0) is 16.1 Å². The topological polar surface area (TPSA) is 84.0 Å². The fourth-order valence-corrected chi connectivity index (χ4v) is 4.44. The highest BCUT2D eigenvalue weighted by atomic mass is 79.9. The van der Waals surface area contributed by atoms with E-state index in [1.807, 2.05) is 12.1 Å². The number of carbonyl (C=O) groups is 2. The molecule has 2 N–H and O–H groups in total. The van der Waals surface area contributed by atoms with Crippen LogP contribution in [0.1, 0.15) is 11.1 Å². The van der Waals surface area contributed by atoms with E-state index in [-0.39, 0.29) is 11.8 Å². The second kappa shape index (κ2) is 7.51. The van der Waals surface area contributed by atoms with Crippen molar-refractivity contribution >= 4 is 119 Å². The summed E-state index contributed by atoms with van der Waals surface area (Å²) in [5.74, 6) is 0.852. The van der Waals surface area contributed by atoms with Crippen LogP contribution < -0.4 is 10.6 Å². The molecule has 0 bridgehead atoms. The zero-order chi connectivity index (χ0) is 19.3. The van der Waals surface area contributed by atoms with Gasteiger partial charge in [0, 0.05) is 32.5 Å². The molecule has 2 amide bonds. The van der Waals surface area contributed by atoms with E-state index in [9.17, 15) is 9.59 Å². The third-order valence-electron chi connectivity index (χ3n) is 3.42. The lowest BCUT2D eigenvalue weighted by Crippen LogP contribution is -2.20. The van der Waals surface area contributed by atoms with Gasteiger partial charge in [-0.1, -0.05) is 63.7 Å². The number of nitrogens with zero attached hydrogens (tertiary/aromatic N) is 2. The van der Waals surface area contributed by atoms with Crippen molar-refractivity contribution in [2.75, 3.05) is 10.6 Å². The lowest BCUT2D eigenvalue weighted by Gasteiger charge is -2.09. The molecule has 0 aliphatic carbocycles. The maximum Gasteiger partial charge on any atom is 0.258 e. The van der Waals surface area contributed by atoms with Gasteiger partial charge in [0.1, 0.15) is 11.6 Å². The van der Waals surface area contributed by atoms with Crippen molar-refractivity contribution in [2.45, 2.75) is 6.47 Å². The number of anilines is 2. The van der Waals surface area contributed by atoms with Crippen molar-refractivity contribution in [2.24, 2.45) is 0 Å². The molecular weight excluding hydrogens is 736 g/mol. The monoisotopic (exact) mass is 736 g/mol. The van der Waals surface area contributed by atoms with E-state index in [1.54, 1.807) is 12.4 Å². The number of pyridine rings is 2. The largest absolute Gasteiger partial charge is 0.308 e. The summed E-state index contributed by atoms with van der Waals surface area (Å²) in [6, 6.07) is 3.67. The van der Waals surface area contributed by atoms with Crippen LogP contribution in [0.5, 0.6) is 0 Å². The van der Waals surface area contributed by atoms with Gasteiger partial charge in [0.15, 0.2) is 6.47 Å². The number of alkyl halides is 4. The first-order chi connectivity index (χ1) is 12.0. The Morgan fingerprint density at radius 3 is 1.42 bits per heavy atom. The second-order valence-electron chi connectivity index (χ2n) is 5.16. The van der Waals surface area contributed by atoms with Crippen LogP contribution in [0.2, 0.25) is 0 Å². The van der Waals surface area contributed by atoms with Gasteiger partial charge in [-0.05, 0) is 44.0 Å². The van der Waals surface area contributed by atoms with E-state index in [0.29, 0.717) is 11.6 Å². The number of amides is 2. The minimum Gasteiger partial charge on any atom is -0.308 e. The minimum atomic E-state index is -0.841. The zero-order valence-corrected chi connectivity index (χ0v) is 21.8. The van der Waals surface area contributed by atoms with Gasteiger partial charge in [0.2, 0.25) is 0 Å². The normalized spacial score (nSPS) is 18.2. The van der Waals surface area contributed by atoms with Crippen LogP contribution in [0.3, 0.4) is 0 Å². The molecule has 0 saturated carbocycles. The van der Waals surface area contributed by atoms with Crippen LogP contribution in [0, 0.1) is 0 Å². The Labute approximate surface area is 198 Å². The molecule has 4 heterocycles. The molecule has 0 unspecified atom stereocenters. The summed E-state index contributed by atoms with van der Waals surface area (Å²) in [7, 11) is 0. The molecule has 0 aromatic carbocycles. The fraction of sp³-hybridized carbons (Fsp3) is 0.143. The molecule has 2 aliphatic rings. The quantitative estimate of drug-likeness (QED) is 0.351. The summed E-state index contributed by atoms with van der Waals surface area (Å²) in [5.41, 5.74) is 1.57. The predicted molar refractivity (Wildman–Crippen MR) is 120 cm³/mol. The molecule has 0 saturated heterocycles. The van der Waals surface area contributed by atoms with Gasteiger partial charge in [-0.2, -0.15) is 0 Å². The molecule has 4 rings (SSSR count). The van der Waals surface area contributed by atoms with Crippen LogP contribution in [0.15, 0.2) is 33.5 Å². The SMILES string of the molecule is O=C1Nc2ncc(Br)cc2C1(Br)Br.O=C1Nc2ncc(Br)cc2C1(Br)Br. The number of carbonyl (C=O) groups excluding carboxylic acids is 2. The Morgan fingerprint density at radius 1 is 0.731 bits per heavy atom. The van der Waals surface area contributed by atoms with Crippen LogP contribution in [-0.4, -0.2) is 21.8 Å². The Balaban J connectivity index is 0.000000151. The van der Waals surface area contributed by atoms with Crippen molar-refractivity contribution in [1.82, 2.24) is 9.97 Å². The standard InChI is InChI=1S/2C7H3Br3N2O/c2*8-3-1-4-5(11-2-3)12-6(13)7(4,9)10/h2*1-2H,(H,11,12,13). The molecule has 26 heavy (non-hydrogen) atoms. The molecule has 2 aromatic rings. The number of halogens is 6. The van der Waals surface area contributed by atoms with Crippen LogP contribution in [0.4, 0.5) is 11.6 Å². The smallest absolute Gasteiger partial charge is 0.258 e. The fourth-order valence-electron chi connectivity index (χ4n) is 2.17. The first-order valence-electron chi connectivity index (χ1n) is 6.74. The van der Waals surface area contributed by atoms with Gasteiger partial charge in [-0.15, -0.1) is 0 Å². The van der Waals surface area contributed by atoms with Gasteiger partial charge < -0.3 is 10.6 Å². The predicted octanol–water partition coefficient (Wildman–Crippen LogP) is 5.48. The number of hydrogen-bond donors (Lipinski definition) is 2. The van der Waals surface area contributed by atoms with Gasteiger partial charge in [0.05, 0.1) is 0 Å². The molecule has 2 aliphatic heterocycles. The molecule has 2 aromatic heterocycles. The molecule has 6 nitrogen and oxygen atoms in total. The third kappa shape index (κ3) is 3.82. The summed E-state index contributed by atoms with van der Waals surface area (Å²) in [6.07, 6.45) is 3.28. The van der Waals surface area contributed by atoms with Gasteiger partial charge >= 0.3 is 0 Å². The van der Waals surface area contributed by atoms with Gasteiger partial charge in [0.25, 0.3) is 11.8 Å². The Bertz CT molecular complexity index is 858. The average Bonchev–Trinajstić information content (AvgIpc) is 2.92. The molecule has 0 fully saturated rings. The lowest BCUT2D eigenvalue weighted by atomic mass is 10.2. The second-order valence-corrected chi connectivity index (χ2v) is 13.9. The molecule has 0 spiro atoms. The number of fused-ring (bicyclic) bond motifs is 2. The zero-order valence-electron chi connectivity index (χ0n) is 12.3. The first-order valence-corrected chi connectivity index (χ1v) is 11.5. The highest BCUT2D eigenvalue weighted by molar-refractivity contribution is 9.25. The molecule has 12 heteroatoms. The maximum absolute atomic E-state index is 11.4.